The van der Waals surface area contributed by atoms with Gasteiger partial charge < -0.3 is 0 Å². The van der Waals surface area contributed by atoms with Crippen LogP contribution < -0.4 is 4.90 Å². The summed E-state index contributed by atoms with van der Waals surface area (Å²) in [5, 5.41) is 0. The molecule has 3 aromatic rings. The summed E-state index contributed by atoms with van der Waals surface area (Å²) in [4.78, 5) is 18.6. The van der Waals surface area contributed by atoms with Gasteiger partial charge in [0.05, 0.1) is 12.1 Å². The Morgan fingerprint density at radius 2 is 1.71 bits per heavy atom. The minimum atomic E-state index is -0.535. The van der Waals surface area contributed by atoms with Crippen molar-refractivity contribution < 1.29 is 9.18 Å². The molecular weight excluding hydrogens is 303 g/mol. The van der Waals surface area contributed by atoms with Crippen LogP contribution in [0.2, 0.25) is 0 Å². The fourth-order valence-electron chi connectivity index (χ4n) is 2.43. The van der Waals surface area contributed by atoms with Gasteiger partial charge in [0.15, 0.2) is 0 Å². The molecule has 120 valence electrons. The quantitative estimate of drug-likeness (QED) is 0.715. The van der Waals surface area contributed by atoms with Gasteiger partial charge in [-0.25, -0.2) is 9.37 Å². The van der Waals surface area contributed by atoms with Crippen molar-refractivity contribution in [3.8, 4) is 0 Å². The van der Waals surface area contributed by atoms with Gasteiger partial charge in [0.1, 0.15) is 11.6 Å². The van der Waals surface area contributed by atoms with Crippen LogP contribution >= 0.6 is 0 Å². The van der Waals surface area contributed by atoms with Crippen LogP contribution in [0.15, 0.2) is 72.9 Å². The number of pyridine rings is 1. The van der Waals surface area contributed by atoms with Crippen LogP contribution in [0.4, 0.5) is 10.2 Å². The van der Waals surface area contributed by atoms with Gasteiger partial charge in [-0.1, -0.05) is 48.0 Å². The van der Waals surface area contributed by atoms with Crippen molar-refractivity contribution in [1.29, 1.82) is 0 Å². The van der Waals surface area contributed by atoms with Crippen molar-refractivity contribution in [3.05, 3.63) is 95.4 Å². The van der Waals surface area contributed by atoms with Gasteiger partial charge in [0, 0.05) is 6.20 Å². The third kappa shape index (κ3) is 3.49. The van der Waals surface area contributed by atoms with Crippen LogP contribution in [0.5, 0.6) is 0 Å². The lowest BCUT2D eigenvalue weighted by atomic mass is 10.1. The minimum absolute atomic E-state index is 0.0373. The Hall–Kier alpha value is -3.01. The topological polar surface area (TPSA) is 33.2 Å². The van der Waals surface area contributed by atoms with E-state index < -0.39 is 11.7 Å². The number of benzene rings is 2. The smallest absolute Gasteiger partial charge is 0.262 e. The fourth-order valence-corrected chi connectivity index (χ4v) is 2.43. The number of carbonyl (C=O) groups excluding carboxylic acids is 1. The Morgan fingerprint density at radius 3 is 2.38 bits per heavy atom. The first kappa shape index (κ1) is 15.9. The Kier molecular flexibility index (Phi) is 4.66. The molecule has 0 bridgehead atoms. The lowest BCUT2D eigenvalue weighted by Crippen LogP contribution is -2.31. The highest BCUT2D eigenvalue weighted by atomic mass is 19.1. The second-order valence-electron chi connectivity index (χ2n) is 5.54. The monoisotopic (exact) mass is 320 g/mol. The van der Waals surface area contributed by atoms with Gasteiger partial charge in [-0.15, -0.1) is 0 Å². The van der Waals surface area contributed by atoms with E-state index in [2.05, 4.69) is 4.98 Å². The first-order chi connectivity index (χ1) is 11.6. The molecule has 1 heterocycles. The van der Waals surface area contributed by atoms with E-state index >= 15 is 0 Å². The molecular formula is C20H17FN2O. The van der Waals surface area contributed by atoms with Crippen molar-refractivity contribution in [3.63, 3.8) is 0 Å². The van der Waals surface area contributed by atoms with Gasteiger partial charge in [0.25, 0.3) is 5.91 Å². The minimum Gasteiger partial charge on any atom is -0.288 e. The molecule has 4 heteroatoms. The van der Waals surface area contributed by atoms with Crippen LogP contribution in [0.1, 0.15) is 21.5 Å². The molecule has 3 rings (SSSR count). The number of hydrogen-bond donors (Lipinski definition) is 0. The molecule has 24 heavy (non-hydrogen) atoms. The van der Waals surface area contributed by atoms with Crippen LogP contribution in [0.3, 0.4) is 0 Å². The molecule has 0 fully saturated rings. The molecule has 0 radical (unpaired) electrons. The molecule has 0 aliphatic carbocycles. The fraction of sp³-hybridized carbons (Fsp3) is 0.100. The lowest BCUT2D eigenvalue weighted by Gasteiger charge is -2.22. The number of halogens is 1. The third-order valence-electron chi connectivity index (χ3n) is 3.74. The molecule has 0 atom stereocenters. The summed E-state index contributed by atoms with van der Waals surface area (Å²) in [6, 6.07) is 19.2. The van der Waals surface area contributed by atoms with E-state index in [-0.39, 0.29) is 5.56 Å². The Bertz CT molecular complexity index is 832. The molecule has 0 spiro atoms. The Labute approximate surface area is 140 Å². The van der Waals surface area contributed by atoms with Crippen molar-refractivity contribution in [2.24, 2.45) is 0 Å². The molecule has 0 unspecified atom stereocenters. The van der Waals surface area contributed by atoms with Gasteiger partial charge >= 0.3 is 0 Å². The molecule has 3 nitrogen and oxygen atoms in total. The second-order valence-corrected chi connectivity index (χ2v) is 5.54. The zero-order valence-corrected chi connectivity index (χ0v) is 13.3. The number of amides is 1. The summed E-state index contributed by atoms with van der Waals surface area (Å²) in [6.07, 6.45) is 1.62. The van der Waals surface area contributed by atoms with Crippen molar-refractivity contribution in [2.75, 3.05) is 4.90 Å². The molecule has 1 amide bonds. The maximum atomic E-state index is 14.0. The number of nitrogens with zero attached hydrogens (tertiary/aromatic N) is 2. The van der Waals surface area contributed by atoms with Crippen LogP contribution in [-0.4, -0.2) is 10.9 Å². The number of aromatic nitrogens is 1. The number of hydrogen-bond acceptors (Lipinski definition) is 2. The highest BCUT2D eigenvalue weighted by Crippen LogP contribution is 2.19. The normalized spacial score (nSPS) is 10.4. The van der Waals surface area contributed by atoms with Crippen LogP contribution in [0, 0.1) is 12.7 Å². The first-order valence-electron chi connectivity index (χ1n) is 7.68. The van der Waals surface area contributed by atoms with E-state index in [0.717, 1.165) is 11.1 Å². The third-order valence-corrected chi connectivity index (χ3v) is 3.74. The standard InChI is InChI=1S/C20H17FN2O/c1-15-9-11-16(12-10-15)14-23(19-8-4-5-13-22-19)20(24)17-6-2-3-7-18(17)21/h2-13H,14H2,1H3. The molecule has 0 aliphatic heterocycles. The number of aryl methyl sites for hydroxylation is 1. The van der Waals surface area contributed by atoms with Crippen LogP contribution in [-0.2, 0) is 6.54 Å². The van der Waals surface area contributed by atoms with Crippen molar-refractivity contribution in [2.45, 2.75) is 13.5 Å². The number of rotatable bonds is 4. The van der Waals surface area contributed by atoms with Gasteiger partial charge in [-0.2, -0.15) is 0 Å². The molecule has 0 saturated carbocycles. The van der Waals surface area contributed by atoms with Crippen molar-refractivity contribution >= 4 is 11.7 Å². The summed E-state index contributed by atoms with van der Waals surface area (Å²) < 4.78 is 14.0. The first-order valence-corrected chi connectivity index (χ1v) is 7.68. The lowest BCUT2D eigenvalue weighted by molar-refractivity contribution is 0.0980. The summed E-state index contributed by atoms with van der Waals surface area (Å²) in [7, 11) is 0. The van der Waals surface area contributed by atoms with E-state index in [1.807, 2.05) is 31.2 Å². The Balaban J connectivity index is 1.98. The van der Waals surface area contributed by atoms with E-state index in [4.69, 9.17) is 0 Å². The number of anilines is 1. The predicted molar refractivity (Wildman–Crippen MR) is 92.3 cm³/mol. The average molecular weight is 320 g/mol. The van der Waals surface area contributed by atoms with Gasteiger partial charge in [0.2, 0.25) is 0 Å². The van der Waals surface area contributed by atoms with E-state index in [9.17, 15) is 9.18 Å². The molecule has 1 aromatic heterocycles. The van der Waals surface area contributed by atoms with Crippen LogP contribution in [0.25, 0.3) is 0 Å². The summed E-state index contributed by atoms with van der Waals surface area (Å²) in [6.45, 7) is 2.33. The average Bonchev–Trinajstić information content (AvgIpc) is 2.62. The zero-order valence-electron chi connectivity index (χ0n) is 13.3. The highest BCUT2D eigenvalue weighted by Gasteiger charge is 2.21. The molecule has 0 saturated heterocycles. The van der Waals surface area contributed by atoms with E-state index in [1.165, 1.54) is 17.0 Å². The Morgan fingerprint density at radius 1 is 1.00 bits per heavy atom. The van der Waals surface area contributed by atoms with Gasteiger partial charge in [-0.3, -0.25) is 9.69 Å². The second kappa shape index (κ2) is 7.04. The van der Waals surface area contributed by atoms with E-state index in [0.29, 0.717) is 12.4 Å². The zero-order chi connectivity index (χ0) is 16.9. The molecule has 2 aromatic carbocycles. The van der Waals surface area contributed by atoms with Gasteiger partial charge in [-0.05, 0) is 36.8 Å². The van der Waals surface area contributed by atoms with E-state index in [1.54, 1.807) is 36.5 Å². The number of carbonyl (C=O) groups is 1. The molecule has 0 N–H and O–H groups in total. The molecule has 0 aliphatic rings. The largest absolute Gasteiger partial charge is 0.288 e. The van der Waals surface area contributed by atoms with Crippen molar-refractivity contribution in [1.82, 2.24) is 4.98 Å². The summed E-state index contributed by atoms with van der Waals surface area (Å²) >= 11 is 0. The highest BCUT2D eigenvalue weighted by molar-refractivity contribution is 6.05. The maximum Gasteiger partial charge on any atom is 0.262 e. The summed E-state index contributed by atoms with van der Waals surface area (Å²) in [5.74, 6) is -0.453. The maximum absolute atomic E-state index is 14.0. The predicted octanol–water partition coefficient (Wildman–Crippen LogP) is 4.38. The summed E-state index contributed by atoms with van der Waals surface area (Å²) in [5.41, 5.74) is 2.13. The SMILES string of the molecule is Cc1ccc(CN(C(=O)c2ccccc2F)c2ccccn2)cc1.